The first-order valence-corrected chi connectivity index (χ1v) is 4.95. The Morgan fingerprint density at radius 3 is 2.86 bits per heavy atom. The van der Waals surface area contributed by atoms with Gasteiger partial charge in [-0.05, 0) is 6.42 Å². The average Bonchev–Trinajstić information content (AvgIpc) is 1.69. The van der Waals surface area contributed by atoms with Crippen molar-refractivity contribution in [1.82, 2.24) is 0 Å². The lowest BCUT2D eigenvalue weighted by Gasteiger charge is -2.13. The molecule has 1 fully saturated rings. The fraction of sp³-hybridized carbons (Fsp3) is 1.00. The van der Waals surface area contributed by atoms with E-state index in [9.17, 15) is 0 Å². The van der Waals surface area contributed by atoms with Crippen LogP contribution in [0.2, 0.25) is 0 Å². The molecule has 0 radical (unpaired) electrons. The fourth-order valence-corrected chi connectivity index (χ4v) is 2.45. The van der Waals surface area contributed by atoms with Crippen LogP contribution in [0.25, 0.3) is 0 Å². The second-order valence-electron chi connectivity index (χ2n) is 1.26. The molecule has 4 heteroatoms. The maximum Gasteiger partial charge on any atom is 0.235 e. The molecular formula is C3H7O2PS. The van der Waals surface area contributed by atoms with Crippen LogP contribution in [0, 0.1) is 0 Å². The Morgan fingerprint density at radius 2 is 2.57 bits per heavy atom. The molecule has 0 saturated carbocycles. The van der Waals surface area contributed by atoms with E-state index in [1.165, 1.54) is 11.4 Å². The Morgan fingerprint density at radius 1 is 1.71 bits per heavy atom. The third kappa shape index (κ3) is 1.96. The van der Waals surface area contributed by atoms with Crippen molar-refractivity contribution in [3.05, 3.63) is 0 Å². The molecule has 1 rings (SSSR count). The van der Waals surface area contributed by atoms with Gasteiger partial charge in [-0.15, -0.1) is 0 Å². The smallest absolute Gasteiger partial charge is 0.235 e. The van der Waals surface area contributed by atoms with Gasteiger partial charge in [-0.2, -0.15) is 0 Å². The van der Waals surface area contributed by atoms with Crippen LogP contribution < -0.4 is 0 Å². The molecule has 0 aromatic rings. The van der Waals surface area contributed by atoms with Crippen molar-refractivity contribution in [3.8, 4) is 0 Å². The van der Waals surface area contributed by atoms with Gasteiger partial charge >= 0.3 is 0 Å². The van der Waals surface area contributed by atoms with Crippen LogP contribution in [0.15, 0.2) is 0 Å². The van der Waals surface area contributed by atoms with Crippen molar-refractivity contribution in [2.24, 2.45) is 0 Å². The van der Waals surface area contributed by atoms with E-state index in [1.807, 2.05) is 0 Å². The SMILES string of the molecule is OP1OCCCS1. The van der Waals surface area contributed by atoms with Gasteiger partial charge in [0.05, 0.1) is 6.61 Å². The van der Waals surface area contributed by atoms with Crippen LogP contribution in [-0.2, 0) is 4.52 Å². The highest BCUT2D eigenvalue weighted by molar-refractivity contribution is 8.52. The topological polar surface area (TPSA) is 29.5 Å². The molecule has 0 spiro atoms. The van der Waals surface area contributed by atoms with Crippen molar-refractivity contribution in [3.63, 3.8) is 0 Å². The highest BCUT2D eigenvalue weighted by atomic mass is 32.7. The van der Waals surface area contributed by atoms with Gasteiger partial charge in [0, 0.05) is 5.75 Å². The van der Waals surface area contributed by atoms with E-state index in [2.05, 4.69) is 0 Å². The van der Waals surface area contributed by atoms with Crippen LogP contribution in [-0.4, -0.2) is 17.3 Å². The van der Waals surface area contributed by atoms with Crippen LogP contribution >= 0.6 is 19.0 Å². The van der Waals surface area contributed by atoms with E-state index in [0.717, 1.165) is 18.8 Å². The first-order valence-electron chi connectivity index (χ1n) is 2.14. The Kier molecular flexibility index (Phi) is 2.40. The maximum atomic E-state index is 8.71. The van der Waals surface area contributed by atoms with Gasteiger partial charge in [0.1, 0.15) is 0 Å². The van der Waals surface area contributed by atoms with E-state index in [0.29, 0.717) is 0 Å². The molecule has 0 bridgehead atoms. The molecule has 0 aromatic heterocycles. The minimum Gasteiger partial charge on any atom is -0.342 e. The summed E-state index contributed by atoms with van der Waals surface area (Å²) in [5, 5.41) is 0. The molecule has 7 heavy (non-hydrogen) atoms. The van der Waals surface area contributed by atoms with Gasteiger partial charge in [0.2, 0.25) is 7.58 Å². The van der Waals surface area contributed by atoms with Gasteiger partial charge in [-0.25, -0.2) is 0 Å². The summed E-state index contributed by atoms with van der Waals surface area (Å²) < 4.78 is 4.86. The van der Waals surface area contributed by atoms with Gasteiger partial charge in [-0.3, -0.25) is 0 Å². The molecule has 1 atom stereocenters. The van der Waals surface area contributed by atoms with E-state index in [4.69, 9.17) is 9.42 Å². The normalized spacial score (nSPS) is 33.0. The first-order chi connectivity index (χ1) is 3.39. The third-order valence-corrected chi connectivity index (χ3v) is 3.31. The Bertz CT molecular complexity index is 54.9. The lowest BCUT2D eigenvalue weighted by Crippen LogP contribution is -1.95. The monoisotopic (exact) mass is 138 g/mol. The lowest BCUT2D eigenvalue weighted by atomic mass is 10.5. The van der Waals surface area contributed by atoms with Crippen molar-refractivity contribution < 1.29 is 9.42 Å². The Hall–Kier alpha value is 0.700. The largest absolute Gasteiger partial charge is 0.342 e. The summed E-state index contributed by atoms with van der Waals surface area (Å²) in [5.41, 5.74) is 0. The van der Waals surface area contributed by atoms with Gasteiger partial charge in [0.15, 0.2) is 0 Å². The average molecular weight is 138 g/mol. The summed E-state index contributed by atoms with van der Waals surface area (Å²) in [7, 11) is -1.07. The molecule has 0 amide bonds. The van der Waals surface area contributed by atoms with Crippen LogP contribution in [0.5, 0.6) is 0 Å². The molecule has 42 valence electrons. The highest BCUT2D eigenvalue weighted by Crippen LogP contribution is 2.49. The highest BCUT2D eigenvalue weighted by Gasteiger charge is 2.09. The van der Waals surface area contributed by atoms with Crippen molar-refractivity contribution in [2.75, 3.05) is 12.4 Å². The predicted octanol–water partition coefficient (Wildman–Crippen LogP) is 1.36. The summed E-state index contributed by atoms with van der Waals surface area (Å²) in [6, 6.07) is 0. The maximum absolute atomic E-state index is 8.71. The molecule has 0 aliphatic carbocycles. The zero-order chi connectivity index (χ0) is 5.11. The van der Waals surface area contributed by atoms with Crippen LogP contribution in [0.1, 0.15) is 6.42 Å². The second-order valence-corrected chi connectivity index (χ2v) is 4.37. The lowest BCUT2D eigenvalue weighted by molar-refractivity contribution is 0.318. The van der Waals surface area contributed by atoms with Crippen molar-refractivity contribution in [1.29, 1.82) is 0 Å². The fourth-order valence-electron chi connectivity index (χ4n) is 0.381. The van der Waals surface area contributed by atoms with E-state index in [1.54, 1.807) is 0 Å². The first kappa shape index (κ1) is 5.83. The number of hydrogen-bond acceptors (Lipinski definition) is 3. The summed E-state index contributed by atoms with van der Waals surface area (Å²) >= 11 is 1.52. The van der Waals surface area contributed by atoms with Crippen molar-refractivity contribution >= 4 is 19.0 Å². The molecule has 1 heterocycles. The van der Waals surface area contributed by atoms with E-state index < -0.39 is 7.58 Å². The quantitative estimate of drug-likeness (QED) is 0.512. The summed E-state index contributed by atoms with van der Waals surface area (Å²) in [6.07, 6.45) is 1.09. The van der Waals surface area contributed by atoms with Gasteiger partial charge < -0.3 is 9.42 Å². The number of hydrogen-bond donors (Lipinski definition) is 1. The zero-order valence-electron chi connectivity index (χ0n) is 3.83. The van der Waals surface area contributed by atoms with Crippen LogP contribution in [0.3, 0.4) is 0 Å². The summed E-state index contributed by atoms with van der Waals surface area (Å²) in [5.74, 6) is 1.06. The molecule has 1 aliphatic heterocycles. The molecule has 2 nitrogen and oxygen atoms in total. The number of rotatable bonds is 0. The standard InChI is InChI=1S/C3H7O2PS/c4-6-5-2-1-3-7-6/h4H,1-3H2. The van der Waals surface area contributed by atoms with Crippen LogP contribution in [0.4, 0.5) is 0 Å². The van der Waals surface area contributed by atoms with Gasteiger partial charge in [-0.1, -0.05) is 11.4 Å². The second kappa shape index (κ2) is 2.88. The minimum atomic E-state index is -1.07. The van der Waals surface area contributed by atoms with Crippen molar-refractivity contribution in [2.45, 2.75) is 6.42 Å². The summed E-state index contributed by atoms with van der Waals surface area (Å²) in [4.78, 5) is 8.71. The molecular weight excluding hydrogens is 131 g/mol. The zero-order valence-corrected chi connectivity index (χ0v) is 5.54. The molecule has 1 saturated heterocycles. The Labute approximate surface area is 47.9 Å². The third-order valence-electron chi connectivity index (χ3n) is 0.692. The Balaban J connectivity index is 2.12. The molecule has 0 aromatic carbocycles. The van der Waals surface area contributed by atoms with Gasteiger partial charge in [0.25, 0.3) is 0 Å². The predicted molar refractivity (Wildman–Crippen MR) is 32.2 cm³/mol. The molecule has 1 unspecified atom stereocenters. The van der Waals surface area contributed by atoms with E-state index in [-0.39, 0.29) is 0 Å². The minimum absolute atomic E-state index is 0.745. The van der Waals surface area contributed by atoms with E-state index >= 15 is 0 Å². The molecule has 1 N–H and O–H groups in total. The summed E-state index contributed by atoms with van der Waals surface area (Å²) in [6.45, 7) is 0.745. The molecule has 1 aliphatic rings.